The van der Waals surface area contributed by atoms with Crippen molar-refractivity contribution in [3.05, 3.63) is 23.5 Å². The number of alkyl halides is 4. The summed E-state index contributed by atoms with van der Waals surface area (Å²) >= 11 is 3.31. The Morgan fingerprint density at radius 1 is 1.26 bits per heavy atom. The van der Waals surface area contributed by atoms with Gasteiger partial charge in [0.1, 0.15) is 12.4 Å². The van der Waals surface area contributed by atoms with Crippen molar-refractivity contribution in [1.82, 2.24) is 4.98 Å². The fourth-order valence-electron chi connectivity index (χ4n) is 1.36. The quantitative estimate of drug-likeness (QED) is 0.560. The van der Waals surface area contributed by atoms with Crippen LogP contribution in [0.4, 0.5) is 13.2 Å². The van der Waals surface area contributed by atoms with Crippen molar-refractivity contribution in [1.29, 1.82) is 0 Å². The number of ether oxygens (including phenoxy) is 2. The normalized spacial score (nSPS) is 11.6. The van der Waals surface area contributed by atoms with Crippen LogP contribution in [0.15, 0.2) is 12.1 Å². The molecule has 0 radical (unpaired) electrons. The summed E-state index contributed by atoms with van der Waals surface area (Å²) in [5.41, 5.74) is 1.66. The highest BCUT2D eigenvalue weighted by Crippen LogP contribution is 2.19. The molecule has 1 rings (SSSR count). The van der Waals surface area contributed by atoms with Gasteiger partial charge in [0.05, 0.1) is 18.9 Å². The second-order valence-corrected chi connectivity index (χ2v) is 4.46. The number of nitrogens with zero attached hydrogens (tertiary/aromatic N) is 1. The first-order valence-corrected chi connectivity index (χ1v) is 6.84. The van der Waals surface area contributed by atoms with Crippen LogP contribution < -0.4 is 4.74 Å². The summed E-state index contributed by atoms with van der Waals surface area (Å²) in [5, 5.41) is 0.564. The van der Waals surface area contributed by atoms with Crippen molar-refractivity contribution in [2.45, 2.75) is 24.9 Å². The first-order valence-electron chi connectivity index (χ1n) is 5.72. The number of pyridine rings is 1. The molecule has 1 aromatic heterocycles. The van der Waals surface area contributed by atoms with Crippen LogP contribution in [0.2, 0.25) is 0 Å². The standard InChI is InChI=1S/C12H15BrF3NO2/c1-9-3-4-11(10(7-13)17-9)19-6-2-5-18-8-12(14,15)16/h3-4H,2,5-8H2,1H3. The van der Waals surface area contributed by atoms with Crippen LogP contribution in [0.3, 0.4) is 0 Å². The van der Waals surface area contributed by atoms with Crippen molar-refractivity contribution < 1.29 is 22.6 Å². The SMILES string of the molecule is Cc1ccc(OCCCOCC(F)(F)F)c(CBr)n1. The molecule has 19 heavy (non-hydrogen) atoms. The van der Waals surface area contributed by atoms with E-state index in [-0.39, 0.29) is 6.61 Å². The lowest BCUT2D eigenvalue weighted by Gasteiger charge is -2.11. The molecule has 0 aliphatic heterocycles. The lowest BCUT2D eigenvalue weighted by molar-refractivity contribution is -0.174. The van der Waals surface area contributed by atoms with Crippen LogP contribution in [-0.4, -0.2) is 31.0 Å². The van der Waals surface area contributed by atoms with E-state index in [1.165, 1.54) is 0 Å². The molecule has 0 unspecified atom stereocenters. The molecule has 108 valence electrons. The lowest BCUT2D eigenvalue weighted by atomic mass is 10.3. The Hall–Kier alpha value is -0.820. The molecule has 0 aromatic carbocycles. The van der Waals surface area contributed by atoms with Gasteiger partial charge in [-0.15, -0.1) is 0 Å². The topological polar surface area (TPSA) is 31.4 Å². The molecule has 0 N–H and O–H groups in total. The molecule has 1 aromatic rings. The summed E-state index contributed by atoms with van der Waals surface area (Å²) in [4.78, 5) is 4.29. The van der Waals surface area contributed by atoms with Crippen molar-refractivity contribution in [3.8, 4) is 5.75 Å². The van der Waals surface area contributed by atoms with Crippen LogP contribution in [0.1, 0.15) is 17.8 Å². The molecule has 0 saturated carbocycles. The van der Waals surface area contributed by atoms with E-state index in [2.05, 4.69) is 25.7 Å². The maximum atomic E-state index is 11.8. The Balaban J connectivity index is 2.26. The third-order valence-electron chi connectivity index (χ3n) is 2.15. The Bertz CT molecular complexity index is 399. The second kappa shape index (κ2) is 7.69. The van der Waals surface area contributed by atoms with Gasteiger partial charge in [-0.2, -0.15) is 13.2 Å². The van der Waals surface area contributed by atoms with Gasteiger partial charge in [0.15, 0.2) is 0 Å². The van der Waals surface area contributed by atoms with Crippen LogP contribution in [-0.2, 0) is 10.1 Å². The van der Waals surface area contributed by atoms with E-state index in [9.17, 15) is 13.2 Å². The van der Waals surface area contributed by atoms with E-state index < -0.39 is 12.8 Å². The van der Waals surface area contributed by atoms with E-state index in [1.807, 2.05) is 13.0 Å². The number of hydrogen-bond acceptors (Lipinski definition) is 3. The summed E-state index contributed by atoms with van der Waals surface area (Å²) in [5.74, 6) is 0.637. The van der Waals surface area contributed by atoms with E-state index >= 15 is 0 Å². The van der Waals surface area contributed by atoms with Crippen molar-refractivity contribution in [2.75, 3.05) is 19.8 Å². The van der Waals surface area contributed by atoms with E-state index in [4.69, 9.17) is 4.74 Å². The molecule has 0 bridgehead atoms. The van der Waals surface area contributed by atoms with Crippen molar-refractivity contribution >= 4 is 15.9 Å². The Labute approximate surface area is 118 Å². The van der Waals surface area contributed by atoms with Gasteiger partial charge in [0.25, 0.3) is 0 Å². The second-order valence-electron chi connectivity index (χ2n) is 3.90. The van der Waals surface area contributed by atoms with Crippen LogP contribution in [0.5, 0.6) is 5.75 Å². The molecule has 0 aliphatic rings. The highest BCUT2D eigenvalue weighted by Gasteiger charge is 2.27. The van der Waals surface area contributed by atoms with Crippen molar-refractivity contribution in [2.24, 2.45) is 0 Å². The molecule has 0 atom stereocenters. The van der Waals surface area contributed by atoms with Gasteiger partial charge in [-0.1, -0.05) is 15.9 Å². The Kier molecular flexibility index (Phi) is 6.57. The average molecular weight is 342 g/mol. The maximum absolute atomic E-state index is 11.8. The summed E-state index contributed by atoms with van der Waals surface area (Å²) in [7, 11) is 0. The van der Waals surface area contributed by atoms with Gasteiger partial charge in [-0.3, -0.25) is 4.98 Å². The first-order chi connectivity index (χ1) is 8.92. The minimum atomic E-state index is -4.27. The highest BCUT2D eigenvalue weighted by atomic mass is 79.9. The molecular formula is C12H15BrF3NO2. The third kappa shape index (κ3) is 6.77. The van der Waals surface area contributed by atoms with E-state index in [1.54, 1.807) is 6.07 Å². The average Bonchev–Trinajstić information content (AvgIpc) is 2.33. The monoisotopic (exact) mass is 341 g/mol. The van der Waals surface area contributed by atoms with Gasteiger partial charge < -0.3 is 9.47 Å². The maximum Gasteiger partial charge on any atom is 0.411 e. The van der Waals surface area contributed by atoms with Gasteiger partial charge in [-0.05, 0) is 19.1 Å². The molecule has 0 amide bonds. The van der Waals surface area contributed by atoms with Gasteiger partial charge >= 0.3 is 6.18 Å². The zero-order valence-electron chi connectivity index (χ0n) is 10.5. The zero-order chi connectivity index (χ0) is 14.3. The molecule has 0 saturated heterocycles. The highest BCUT2D eigenvalue weighted by molar-refractivity contribution is 9.08. The summed E-state index contributed by atoms with van der Waals surface area (Å²) in [6.07, 6.45) is -3.88. The fourth-order valence-corrected chi connectivity index (χ4v) is 1.76. The fraction of sp³-hybridized carbons (Fsp3) is 0.583. The minimum Gasteiger partial charge on any atom is -0.492 e. The third-order valence-corrected chi connectivity index (χ3v) is 2.69. The number of aromatic nitrogens is 1. The number of aryl methyl sites for hydroxylation is 1. The van der Waals surface area contributed by atoms with Gasteiger partial charge in [-0.25, -0.2) is 0 Å². The molecule has 1 heterocycles. The molecule has 0 aliphatic carbocycles. The molecule has 0 spiro atoms. The molecule has 0 fully saturated rings. The first kappa shape index (κ1) is 16.2. The number of rotatable bonds is 7. The number of halogens is 4. The summed E-state index contributed by atoms with van der Waals surface area (Å²) in [6, 6.07) is 3.62. The summed E-state index contributed by atoms with van der Waals surface area (Å²) in [6.45, 7) is 0.970. The summed E-state index contributed by atoms with van der Waals surface area (Å²) < 4.78 is 45.3. The van der Waals surface area contributed by atoms with E-state index in [0.29, 0.717) is 24.1 Å². The van der Waals surface area contributed by atoms with E-state index in [0.717, 1.165) is 11.4 Å². The Morgan fingerprint density at radius 3 is 2.63 bits per heavy atom. The van der Waals surface area contributed by atoms with Crippen molar-refractivity contribution in [3.63, 3.8) is 0 Å². The predicted molar refractivity (Wildman–Crippen MR) is 68.6 cm³/mol. The van der Waals surface area contributed by atoms with Crippen LogP contribution in [0.25, 0.3) is 0 Å². The van der Waals surface area contributed by atoms with Crippen LogP contribution >= 0.6 is 15.9 Å². The Morgan fingerprint density at radius 2 is 2.00 bits per heavy atom. The van der Waals surface area contributed by atoms with Crippen LogP contribution in [0, 0.1) is 6.92 Å². The van der Waals surface area contributed by atoms with Gasteiger partial charge in [0, 0.05) is 17.4 Å². The number of hydrogen-bond donors (Lipinski definition) is 0. The van der Waals surface area contributed by atoms with Gasteiger partial charge in [0.2, 0.25) is 0 Å². The minimum absolute atomic E-state index is 0.0163. The predicted octanol–water partition coefficient (Wildman–Crippen LogP) is 3.63. The zero-order valence-corrected chi connectivity index (χ0v) is 12.1. The smallest absolute Gasteiger partial charge is 0.411 e. The molecular weight excluding hydrogens is 327 g/mol. The molecule has 3 nitrogen and oxygen atoms in total. The largest absolute Gasteiger partial charge is 0.492 e. The lowest BCUT2D eigenvalue weighted by Crippen LogP contribution is -2.18. The molecule has 7 heteroatoms.